The van der Waals surface area contributed by atoms with Gasteiger partial charge in [-0.25, -0.2) is 4.79 Å². The van der Waals surface area contributed by atoms with Crippen LogP contribution in [-0.2, 0) is 90.6 Å². The van der Waals surface area contributed by atoms with Crippen LogP contribution in [0.2, 0.25) is 0 Å². The summed E-state index contributed by atoms with van der Waals surface area (Å²) >= 11 is 0. The summed E-state index contributed by atoms with van der Waals surface area (Å²) in [5, 5.41) is 23.3. The molecule has 5 amide bonds. The molecule has 0 spiro atoms. The van der Waals surface area contributed by atoms with Gasteiger partial charge >= 0.3 is 5.97 Å². The Hall–Kier alpha value is -5.15. The molecule has 574 valence electrons. The van der Waals surface area contributed by atoms with Gasteiger partial charge in [0.2, 0.25) is 29.5 Å². The maximum Gasteiger partial charge on any atom is 0.326 e. The molecular weight excluding hydrogens is 1280 g/mol. The molecule has 0 aromatic carbocycles. The number of carbonyl (C=O) groups is 11. The smallest absolute Gasteiger partial charge is 0.326 e. The van der Waals surface area contributed by atoms with Crippen molar-refractivity contribution in [2.24, 2.45) is 17.8 Å². The summed E-state index contributed by atoms with van der Waals surface area (Å²) in [4.78, 5) is 134. The average Bonchev–Trinajstić information content (AvgIpc) is 1.41. The molecule has 0 aliphatic heterocycles. The minimum atomic E-state index is -1.15. The van der Waals surface area contributed by atoms with Crippen molar-refractivity contribution in [2.45, 2.75) is 259 Å². The minimum Gasteiger partial charge on any atom is -0.480 e. The Morgan fingerprint density at radius 1 is 0.303 bits per heavy atom. The first-order chi connectivity index (χ1) is 47.9. The van der Waals surface area contributed by atoms with Crippen molar-refractivity contribution in [3.05, 3.63) is 0 Å². The second kappa shape index (κ2) is 68.6. The summed E-state index contributed by atoms with van der Waals surface area (Å²) in [5.74, 6) is -2.73. The van der Waals surface area contributed by atoms with Gasteiger partial charge < -0.3 is 69.6 Å². The number of rotatable bonds is 76. The molecule has 0 saturated carbocycles. The zero-order valence-corrected chi connectivity index (χ0v) is 61.7. The van der Waals surface area contributed by atoms with Gasteiger partial charge in [0.25, 0.3) is 0 Å². The molecule has 0 radical (unpaired) electrons. The summed E-state index contributed by atoms with van der Waals surface area (Å²) in [7, 11) is 0. The molecule has 0 aromatic rings. The summed E-state index contributed by atoms with van der Waals surface area (Å²) in [5.41, 5.74) is 0. The third-order valence-corrected chi connectivity index (χ3v) is 17.1. The average molecular weight is 1410 g/mol. The number of hydrogen-bond donors (Lipinski definition) is 6. The van der Waals surface area contributed by atoms with E-state index in [2.05, 4.69) is 33.5 Å². The van der Waals surface area contributed by atoms with Gasteiger partial charge in [0, 0.05) is 95.7 Å². The highest BCUT2D eigenvalue weighted by atomic mass is 16.5. The predicted molar refractivity (Wildman–Crippen MR) is 379 cm³/mol. The lowest BCUT2D eigenvalue weighted by Crippen LogP contribution is -2.41. The van der Waals surface area contributed by atoms with E-state index in [0.29, 0.717) is 71.2 Å². The molecule has 0 rings (SSSR count). The molecule has 0 bridgehead atoms. The van der Waals surface area contributed by atoms with E-state index in [-0.39, 0.29) is 227 Å². The lowest BCUT2D eigenvalue weighted by Gasteiger charge is -2.17. The second-order valence-corrected chi connectivity index (χ2v) is 25.7. The van der Waals surface area contributed by atoms with Gasteiger partial charge in [0.05, 0.1) is 66.1 Å². The van der Waals surface area contributed by atoms with Crippen molar-refractivity contribution in [3.8, 4) is 0 Å². The van der Waals surface area contributed by atoms with Gasteiger partial charge in [0.15, 0.2) is 5.78 Å². The predicted octanol–water partition coefficient (Wildman–Crippen LogP) is 9.21. The van der Waals surface area contributed by atoms with Crippen LogP contribution in [0.15, 0.2) is 0 Å². The van der Waals surface area contributed by atoms with Crippen LogP contribution in [0.1, 0.15) is 253 Å². The summed E-state index contributed by atoms with van der Waals surface area (Å²) in [6.45, 7) is 13.2. The van der Waals surface area contributed by atoms with Crippen LogP contribution in [0.25, 0.3) is 0 Å². The number of Topliss-reactive ketones (excluding diaryl/α,β-unsaturated/α-hetero) is 5. The lowest BCUT2D eigenvalue weighted by molar-refractivity contribution is -0.142. The van der Waals surface area contributed by atoms with E-state index in [1.54, 1.807) is 6.92 Å². The van der Waals surface area contributed by atoms with Gasteiger partial charge in [-0.3, -0.25) is 47.9 Å². The molecule has 0 aliphatic rings. The van der Waals surface area contributed by atoms with Crippen LogP contribution in [0, 0.1) is 17.8 Å². The van der Waals surface area contributed by atoms with E-state index in [1.165, 1.54) is 77.6 Å². The van der Waals surface area contributed by atoms with Gasteiger partial charge in [-0.2, -0.15) is 0 Å². The molecule has 0 saturated heterocycles. The number of amides is 5. The molecule has 0 heterocycles. The molecule has 25 heteroatoms. The number of carboxylic acids is 1. The van der Waals surface area contributed by atoms with Gasteiger partial charge in [-0.1, -0.05) is 124 Å². The molecule has 99 heavy (non-hydrogen) atoms. The highest BCUT2D eigenvalue weighted by molar-refractivity contribution is 5.85. The molecule has 4 unspecified atom stereocenters. The zero-order valence-electron chi connectivity index (χ0n) is 61.7. The van der Waals surface area contributed by atoms with Crippen molar-refractivity contribution < 1.29 is 95.7 Å². The Labute approximate surface area is 593 Å². The molecule has 0 aliphatic carbocycles. The van der Waals surface area contributed by atoms with Crippen LogP contribution < -0.4 is 26.6 Å². The third-order valence-electron chi connectivity index (χ3n) is 17.1. The van der Waals surface area contributed by atoms with Crippen LogP contribution in [0.5, 0.6) is 0 Å². The maximum absolute atomic E-state index is 13.0. The van der Waals surface area contributed by atoms with Crippen LogP contribution in [0.3, 0.4) is 0 Å². The van der Waals surface area contributed by atoms with Crippen molar-refractivity contribution in [2.75, 3.05) is 132 Å². The Bertz CT molecular complexity index is 2140. The molecule has 4 atom stereocenters. The number of carbonyl (C=O) groups excluding carboxylic acids is 10. The molecule has 0 aromatic heterocycles. The van der Waals surface area contributed by atoms with E-state index >= 15 is 0 Å². The maximum atomic E-state index is 13.0. The van der Waals surface area contributed by atoms with E-state index in [4.69, 9.17) is 37.9 Å². The van der Waals surface area contributed by atoms with Crippen molar-refractivity contribution in [3.63, 3.8) is 0 Å². The second-order valence-electron chi connectivity index (χ2n) is 25.7. The Balaban J connectivity index is 3.71. The Kier molecular flexibility index (Phi) is 65.0. The van der Waals surface area contributed by atoms with E-state index < -0.39 is 12.0 Å². The fraction of sp³-hybridized carbons (Fsp3) is 0.851. The normalized spacial score (nSPS) is 12.5. The number of ether oxygens (including phenoxy) is 8. The van der Waals surface area contributed by atoms with Crippen molar-refractivity contribution in [1.82, 2.24) is 26.6 Å². The number of hydrogen-bond acceptors (Lipinski definition) is 19. The third kappa shape index (κ3) is 62.4. The van der Waals surface area contributed by atoms with Gasteiger partial charge in [-0.05, 0) is 90.9 Å². The molecule has 6 N–H and O–H groups in total. The zero-order chi connectivity index (χ0) is 73.0. The fourth-order valence-corrected chi connectivity index (χ4v) is 10.9. The first-order valence-electron chi connectivity index (χ1n) is 37.7. The number of carboxylic acid groups (broad SMARTS) is 1. The number of aliphatic carboxylic acids is 1. The Morgan fingerprint density at radius 2 is 0.697 bits per heavy atom. The molecule has 0 fully saturated rings. The SMILES string of the molecule is CCCCCCCCCCCCCCCCCC(=O)NC(CCC(=O)CCCOCCOCC(=O)NCCOCCOCC(=O)CCCOCCOCC(=O)NCCOCCOCC(=O)NCCCCC(CC)C(=O)CCC(CCC(=O)NCCCCC(CC)C(C)=O)C(C)=O)C(=O)O. The lowest BCUT2D eigenvalue weighted by atomic mass is 9.87. The number of nitrogens with one attached hydrogen (secondary N) is 5. The van der Waals surface area contributed by atoms with Crippen molar-refractivity contribution >= 4 is 64.4 Å². The standard InChI is InChI=1S/C74H133N5O20/c1-6-9-10-11-12-13-14-15-16-17-18-19-20-21-22-33-70(86)79-67(74(90)91)37-36-65(82)31-27-44-92-48-53-97-58-72(88)77-42-46-94-50-52-96-56-66(83)32-28-45-93-49-54-98-59-73(89)78-43-47-95-51-55-99-57-71(87)76-41-26-24-30-63(8-3)68(84)38-34-64(61(5)81)35-39-69(85)75-40-25-23-29-62(7-2)60(4)80/h62-64,67H,6-59H2,1-5H3,(H,75,85)(H,76,87)(H,77,88)(H,78,89)(H,79,86)(H,90,91). The minimum absolute atomic E-state index is 0.0219. The van der Waals surface area contributed by atoms with E-state index in [9.17, 15) is 57.8 Å². The highest BCUT2D eigenvalue weighted by Crippen LogP contribution is 2.22. The monoisotopic (exact) mass is 1410 g/mol. The molecular formula is C74H133N5O20. The van der Waals surface area contributed by atoms with Gasteiger partial charge in [0.1, 0.15) is 55.6 Å². The van der Waals surface area contributed by atoms with Crippen molar-refractivity contribution in [1.29, 1.82) is 0 Å². The quantitative estimate of drug-likeness (QED) is 0.0309. The number of unbranched alkanes of at least 4 members (excludes halogenated alkanes) is 16. The van der Waals surface area contributed by atoms with E-state index in [1.807, 2.05) is 13.8 Å². The van der Waals surface area contributed by atoms with E-state index in [0.717, 1.165) is 57.8 Å². The largest absolute Gasteiger partial charge is 0.480 e. The first-order valence-corrected chi connectivity index (χ1v) is 37.7. The summed E-state index contributed by atoms with van der Waals surface area (Å²) < 4.78 is 43.3. The number of ketones is 5. The first kappa shape index (κ1) is 93.8. The van der Waals surface area contributed by atoms with Crippen LogP contribution in [-0.4, -0.2) is 207 Å². The van der Waals surface area contributed by atoms with Crippen LogP contribution >= 0.6 is 0 Å². The topological polar surface area (TPSA) is 342 Å². The summed E-state index contributed by atoms with van der Waals surface area (Å²) in [6, 6.07) is -1.10. The van der Waals surface area contributed by atoms with Crippen LogP contribution in [0.4, 0.5) is 0 Å². The fourth-order valence-electron chi connectivity index (χ4n) is 10.9. The highest BCUT2D eigenvalue weighted by Gasteiger charge is 2.23. The molecule has 25 nitrogen and oxygen atoms in total. The Morgan fingerprint density at radius 3 is 1.15 bits per heavy atom. The summed E-state index contributed by atoms with van der Waals surface area (Å²) in [6.07, 6.45) is 27.7. The van der Waals surface area contributed by atoms with Gasteiger partial charge in [-0.15, -0.1) is 0 Å².